The average Bonchev–Trinajstić information content (AvgIpc) is 2.47. The Hall–Kier alpha value is -1.88. The normalized spacial score (nSPS) is 13.1. The van der Waals surface area contributed by atoms with Crippen molar-refractivity contribution in [3.8, 4) is 17.2 Å². The van der Waals surface area contributed by atoms with E-state index in [0.29, 0.717) is 42.8 Å². The van der Waals surface area contributed by atoms with Crippen molar-refractivity contribution in [3.05, 3.63) is 46.4 Å². The van der Waals surface area contributed by atoms with E-state index in [1.807, 2.05) is 24.3 Å². The monoisotopic (exact) mass is 335 g/mol. The zero-order valence-corrected chi connectivity index (χ0v) is 12.4. The van der Waals surface area contributed by atoms with Gasteiger partial charge in [-0.3, -0.25) is 0 Å². The predicted molar refractivity (Wildman–Crippen MR) is 80.3 cm³/mol. The van der Waals surface area contributed by atoms with Gasteiger partial charge in [-0.1, -0.05) is 28.1 Å². The third kappa shape index (κ3) is 2.82. The first-order valence-corrected chi connectivity index (χ1v) is 7.08. The number of fused-ring (bicyclic) bond motifs is 1. The molecule has 3 rings (SSSR count). The zero-order valence-electron chi connectivity index (χ0n) is 10.8. The van der Waals surface area contributed by atoms with Gasteiger partial charge in [-0.25, -0.2) is 0 Å². The fourth-order valence-electron chi connectivity index (χ4n) is 1.95. The van der Waals surface area contributed by atoms with Gasteiger partial charge >= 0.3 is 0 Å². The van der Waals surface area contributed by atoms with Crippen LogP contribution in [0.3, 0.4) is 0 Å². The molecule has 0 amide bonds. The summed E-state index contributed by atoms with van der Waals surface area (Å²) in [6, 6.07) is 11.5. The standard InChI is InChI=1S/C15H14BrNO3/c16-11-3-1-10(2-4-11)9-20-13-8-15-14(7-12(13)17)18-5-6-19-15/h1-4,7-8H,5-6,9,17H2. The number of anilines is 1. The Balaban J connectivity index is 1.75. The number of benzene rings is 2. The molecule has 1 aliphatic heterocycles. The van der Waals surface area contributed by atoms with Gasteiger partial charge in [0.1, 0.15) is 25.6 Å². The van der Waals surface area contributed by atoms with Gasteiger partial charge in [-0.05, 0) is 17.7 Å². The van der Waals surface area contributed by atoms with Crippen molar-refractivity contribution in [1.29, 1.82) is 0 Å². The molecule has 0 unspecified atom stereocenters. The van der Waals surface area contributed by atoms with E-state index in [4.69, 9.17) is 19.9 Å². The molecule has 0 atom stereocenters. The third-order valence-corrected chi connectivity index (χ3v) is 3.51. The van der Waals surface area contributed by atoms with Crippen molar-refractivity contribution >= 4 is 21.6 Å². The first kappa shape index (κ1) is 13.1. The molecule has 104 valence electrons. The smallest absolute Gasteiger partial charge is 0.165 e. The molecule has 0 saturated carbocycles. The van der Waals surface area contributed by atoms with E-state index >= 15 is 0 Å². The third-order valence-electron chi connectivity index (χ3n) is 2.98. The van der Waals surface area contributed by atoms with Gasteiger partial charge in [0.2, 0.25) is 0 Å². The van der Waals surface area contributed by atoms with Crippen LogP contribution in [0.15, 0.2) is 40.9 Å². The van der Waals surface area contributed by atoms with Crippen LogP contribution in [0.4, 0.5) is 5.69 Å². The molecule has 0 aliphatic carbocycles. The Labute approximate surface area is 125 Å². The fraction of sp³-hybridized carbons (Fsp3) is 0.200. The summed E-state index contributed by atoms with van der Waals surface area (Å²) in [4.78, 5) is 0. The molecule has 5 heteroatoms. The van der Waals surface area contributed by atoms with Crippen LogP contribution >= 0.6 is 15.9 Å². The van der Waals surface area contributed by atoms with E-state index in [-0.39, 0.29) is 0 Å². The van der Waals surface area contributed by atoms with E-state index in [9.17, 15) is 0 Å². The van der Waals surface area contributed by atoms with Crippen LogP contribution in [0.2, 0.25) is 0 Å². The van der Waals surface area contributed by atoms with Crippen molar-refractivity contribution in [1.82, 2.24) is 0 Å². The maximum absolute atomic E-state index is 5.96. The largest absolute Gasteiger partial charge is 0.487 e. The highest BCUT2D eigenvalue weighted by atomic mass is 79.9. The van der Waals surface area contributed by atoms with E-state index in [1.54, 1.807) is 12.1 Å². The van der Waals surface area contributed by atoms with E-state index < -0.39 is 0 Å². The molecule has 0 fully saturated rings. The minimum absolute atomic E-state index is 0.455. The summed E-state index contributed by atoms with van der Waals surface area (Å²) in [6.07, 6.45) is 0. The molecule has 2 aromatic rings. The molecule has 1 aliphatic rings. The van der Waals surface area contributed by atoms with E-state index in [0.717, 1.165) is 10.0 Å². The van der Waals surface area contributed by atoms with Gasteiger partial charge < -0.3 is 19.9 Å². The highest BCUT2D eigenvalue weighted by Crippen LogP contribution is 2.38. The molecule has 1 heterocycles. The second-order valence-corrected chi connectivity index (χ2v) is 5.36. The maximum Gasteiger partial charge on any atom is 0.165 e. The summed E-state index contributed by atoms with van der Waals surface area (Å²) in [5.41, 5.74) is 7.58. The lowest BCUT2D eigenvalue weighted by Crippen LogP contribution is -2.15. The zero-order chi connectivity index (χ0) is 13.9. The van der Waals surface area contributed by atoms with Gasteiger partial charge in [-0.15, -0.1) is 0 Å². The summed E-state index contributed by atoms with van der Waals surface area (Å²) < 4.78 is 17.8. The first-order chi connectivity index (χ1) is 9.72. The van der Waals surface area contributed by atoms with Crippen LogP contribution in [0, 0.1) is 0 Å². The highest BCUT2D eigenvalue weighted by molar-refractivity contribution is 9.10. The molecule has 0 bridgehead atoms. The number of hydrogen-bond acceptors (Lipinski definition) is 4. The minimum Gasteiger partial charge on any atom is -0.487 e. The first-order valence-electron chi connectivity index (χ1n) is 6.29. The van der Waals surface area contributed by atoms with Crippen LogP contribution < -0.4 is 19.9 Å². The average molecular weight is 336 g/mol. The van der Waals surface area contributed by atoms with E-state index in [2.05, 4.69) is 15.9 Å². The lowest BCUT2D eigenvalue weighted by atomic mass is 10.2. The quantitative estimate of drug-likeness (QED) is 0.873. The number of ether oxygens (including phenoxy) is 3. The number of nitrogens with two attached hydrogens (primary N) is 1. The molecular formula is C15H14BrNO3. The number of hydrogen-bond donors (Lipinski definition) is 1. The predicted octanol–water partition coefficient (Wildman–Crippen LogP) is 3.38. The molecule has 2 N–H and O–H groups in total. The van der Waals surface area contributed by atoms with Crippen molar-refractivity contribution in [3.63, 3.8) is 0 Å². The van der Waals surface area contributed by atoms with Gasteiger partial charge in [-0.2, -0.15) is 0 Å². The van der Waals surface area contributed by atoms with Crippen molar-refractivity contribution in [2.24, 2.45) is 0 Å². The van der Waals surface area contributed by atoms with Crippen LogP contribution in [0.1, 0.15) is 5.56 Å². The Morgan fingerprint density at radius 3 is 2.40 bits per heavy atom. The van der Waals surface area contributed by atoms with Crippen molar-refractivity contribution in [2.45, 2.75) is 6.61 Å². The molecular weight excluding hydrogens is 322 g/mol. The summed E-state index contributed by atoms with van der Waals surface area (Å²) in [6.45, 7) is 1.55. The number of halogens is 1. The Morgan fingerprint density at radius 2 is 1.70 bits per heavy atom. The van der Waals surface area contributed by atoms with E-state index in [1.165, 1.54) is 0 Å². The van der Waals surface area contributed by atoms with Gasteiger partial charge in [0, 0.05) is 16.6 Å². The lowest BCUT2D eigenvalue weighted by Gasteiger charge is -2.20. The summed E-state index contributed by atoms with van der Waals surface area (Å²) >= 11 is 3.40. The molecule has 0 spiro atoms. The molecule has 2 aromatic carbocycles. The van der Waals surface area contributed by atoms with Crippen LogP contribution in [0.25, 0.3) is 0 Å². The topological polar surface area (TPSA) is 53.7 Å². The molecule has 20 heavy (non-hydrogen) atoms. The van der Waals surface area contributed by atoms with Gasteiger partial charge in [0.25, 0.3) is 0 Å². The SMILES string of the molecule is Nc1cc2c(cc1OCc1ccc(Br)cc1)OCCO2. The van der Waals surface area contributed by atoms with Gasteiger partial charge in [0.05, 0.1) is 5.69 Å². The van der Waals surface area contributed by atoms with Crippen molar-refractivity contribution < 1.29 is 14.2 Å². The van der Waals surface area contributed by atoms with Crippen molar-refractivity contribution in [2.75, 3.05) is 18.9 Å². The fourth-order valence-corrected chi connectivity index (χ4v) is 2.22. The summed E-state index contributed by atoms with van der Waals surface area (Å²) in [5.74, 6) is 1.96. The summed E-state index contributed by atoms with van der Waals surface area (Å²) in [5, 5.41) is 0. The summed E-state index contributed by atoms with van der Waals surface area (Å²) in [7, 11) is 0. The Morgan fingerprint density at radius 1 is 1.05 bits per heavy atom. The maximum atomic E-state index is 5.96. The Bertz CT molecular complexity index is 613. The molecule has 0 aromatic heterocycles. The second-order valence-electron chi connectivity index (χ2n) is 4.45. The highest BCUT2D eigenvalue weighted by Gasteiger charge is 2.15. The number of rotatable bonds is 3. The van der Waals surface area contributed by atoms with Crippen LogP contribution in [0.5, 0.6) is 17.2 Å². The number of nitrogen functional groups attached to an aromatic ring is 1. The molecule has 0 radical (unpaired) electrons. The second kappa shape index (κ2) is 5.63. The van der Waals surface area contributed by atoms with Gasteiger partial charge in [0.15, 0.2) is 11.5 Å². The van der Waals surface area contributed by atoms with Crippen LogP contribution in [-0.2, 0) is 6.61 Å². The lowest BCUT2D eigenvalue weighted by molar-refractivity contribution is 0.170. The molecule has 0 saturated heterocycles. The Kier molecular flexibility index (Phi) is 3.69. The van der Waals surface area contributed by atoms with Crippen LogP contribution in [-0.4, -0.2) is 13.2 Å². The molecule has 4 nitrogen and oxygen atoms in total. The minimum atomic E-state index is 0.455.